The molecule has 3 rings (SSSR count). The van der Waals surface area contributed by atoms with Crippen LogP contribution in [-0.4, -0.2) is 87.4 Å². The van der Waals surface area contributed by atoms with Gasteiger partial charge in [-0.05, 0) is 83.5 Å². The van der Waals surface area contributed by atoms with Gasteiger partial charge in [0.25, 0.3) is 15.9 Å². The molecule has 9 nitrogen and oxygen atoms in total. The number of benzene rings is 2. The Morgan fingerprint density at radius 3 is 2.56 bits per heavy atom. The van der Waals surface area contributed by atoms with Crippen molar-refractivity contribution in [1.82, 2.24) is 9.80 Å². The lowest BCUT2D eigenvalue weighted by molar-refractivity contribution is -0.0167. The van der Waals surface area contributed by atoms with E-state index < -0.39 is 16.1 Å². The molecule has 0 saturated heterocycles. The molecule has 2 aromatic carbocycles. The van der Waals surface area contributed by atoms with Crippen molar-refractivity contribution in [3.05, 3.63) is 54.1 Å². The monoisotopic (exact) mass is 589 g/mol. The van der Waals surface area contributed by atoms with Crippen LogP contribution in [0.3, 0.4) is 0 Å². The van der Waals surface area contributed by atoms with Crippen LogP contribution < -0.4 is 9.46 Å². The zero-order chi connectivity index (χ0) is 30.0. The lowest BCUT2D eigenvalue weighted by Crippen LogP contribution is -2.47. The number of hydrogen-bond donors (Lipinski definition) is 2. The summed E-state index contributed by atoms with van der Waals surface area (Å²) in [4.78, 5) is 18.2. The van der Waals surface area contributed by atoms with Crippen LogP contribution in [0.4, 0.5) is 5.69 Å². The Hall–Kier alpha value is -2.66. The minimum Gasteiger partial charge on any atom is -0.490 e. The largest absolute Gasteiger partial charge is 0.490 e. The van der Waals surface area contributed by atoms with Gasteiger partial charge in [0.2, 0.25) is 0 Å². The summed E-state index contributed by atoms with van der Waals surface area (Å²) in [6.07, 6.45) is 3.38. The molecular weight excluding hydrogens is 542 g/mol. The van der Waals surface area contributed by atoms with E-state index in [1.807, 2.05) is 6.92 Å². The van der Waals surface area contributed by atoms with E-state index in [1.165, 1.54) is 18.2 Å². The highest BCUT2D eigenvalue weighted by molar-refractivity contribution is 7.92. The van der Waals surface area contributed by atoms with Gasteiger partial charge in [-0.2, -0.15) is 0 Å². The third-order valence-electron chi connectivity index (χ3n) is 7.45. The van der Waals surface area contributed by atoms with Crippen LogP contribution in [-0.2, 0) is 14.8 Å². The second-order valence-electron chi connectivity index (χ2n) is 11.2. The average Bonchev–Trinajstić information content (AvgIpc) is 2.95. The number of fused-ring (bicyclic) bond motifs is 1. The van der Waals surface area contributed by atoms with Crippen LogP contribution in [0.2, 0.25) is 0 Å². The number of anilines is 1. The van der Waals surface area contributed by atoms with Gasteiger partial charge in [-0.3, -0.25) is 9.52 Å². The van der Waals surface area contributed by atoms with Gasteiger partial charge in [0.1, 0.15) is 5.75 Å². The van der Waals surface area contributed by atoms with Crippen molar-refractivity contribution < 1.29 is 27.8 Å². The summed E-state index contributed by atoms with van der Waals surface area (Å²) >= 11 is 0. The summed E-state index contributed by atoms with van der Waals surface area (Å²) in [5.41, 5.74) is 0.501. The molecule has 0 aliphatic carbocycles. The van der Waals surface area contributed by atoms with E-state index >= 15 is 0 Å². The van der Waals surface area contributed by atoms with Gasteiger partial charge in [0, 0.05) is 31.3 Å². The van der Waals surface area contributed by atoms with Crippen LogP contribution in [0.25, 0.3) is 0 Å². The third-order valence-corrected chi connectivity index (χ3v) is 8.85. The molecule has 1 heterocycles. The van der Waals surface area contributed by atoms with E-state index in [2.05, 4.69) is 30.5 Å². The summed E-state index contributed by atoms with van der Waals surface area (Å²) in [6, 6.07) is 12.4. The SMILES string of the molecule is CCCN(C)C[C@@H]1OCCCC[C@@H](C)Oc2ccc(NS(=O)(=O)c3ccccc3)cc2C(=O)N([C@H](C)CO)C[C@@H]1C. The molecule has 0 aromatic heterocycles. The first-order valence-corrected chi connectivity index (χ1v) is 16.1. The number of amides is 1. The Labute approximate surface area is 245 Å². The van der Waals surface area contributed by atoms with E-state index in [0.29, 0.717) is 18.9 Å². The molecule has 0 spiro atoms. The fourth-order valence-corrected chi connectivity index (χ4v) is 6.11. The second-order valence-corrected chi connectivity index (χ2v) is 12.9. The molecule has 2 N–H and O–H groups in total. The Kier molecular flexibility index (Phi) is 12.4. The highest BCUT2D eigenvalue weighted by atomic mass is 32.2. The number of ether oxygens (including phenoxy) is 2. The number of carbonyl (C=O) groups is 1. The molecule has 10 heteroatoms. The van der Waals surface area contributed by atoms with Crippen molar-refractivity contribution in [3.63, 3.8) is 0 Å². The second kappa shape index (κ2) is 15.5. The molecule has 41 heavy (non-hydrogen) atoms. The number of nitrogens with one attached hydrogen (secondary N) is 1. The molecule has 0 fully saturated rings. The fraction of sp³-hybridized carbons (Fsp3) is 0.581. The summed E-state index contributed by atoms with van der Waals surface area (Å²) in [6.45, 7) is 10.5. The van der Waals surface area contributed by atoms with E-state index in [4.69, 9.17) is 9.47 Å². The lowest BCUT2D eigenvalue weighted by atomic mass is 10.0. The minimum atomic E-state index is -3.86. The molecule has 0 bridgehead atoms. The van der Waals surface area contributed by atoms with Crippen molar-refractivity contribution in [3.8, 4) is 5.75 Å². The maximum absolute atomic E-state index is 14.2. The van der Waals surface area contributed by atoms with E-state index in [1.54, 1.807) is 42.2 Å². The highest BCUT2D eigenvalue weighted by Crippen LogP contribution is 2.29. The number of rotatable bonds is 9. The number of aliphatic hydroxyl groups excluding tert-OH is 1. The van der Waals surface area contributed by atoms with Crippen molar-refractivity contribution in [1.29, 1.82) is 0 Å². The Bertz CT molecular complexity index is 1210. The van der Waals surface area contributed by atoms with Gasteiger partial charge in [-0.1, -0.05) is 32.0 Å². The number of sulfonamides is 1. The zero-order valence-electron chi connectivity index (χ0n) is 25.1. The average molecular weight is 590 g/mol. The quantitative estimate of drug-likeness (QED) is 0.439. The predicted octanol–water partition coefficient (Wildman–Crippen LogP) is 4.62. The lowest BCUT2D eigenvalue weighted by Gasteiger charge is -2.35. The topological polar surface area (TPSA) is 108 Å². The zero-order valence-corrected chi connectivity index (χ0v) is 25.9. The first kappa shape index (κ1) is 32.8. The first-order valence-electron chi connectivity index (χ1n) is 14.7. The molecule has 0 radical (unpaired) electrons. The number of hydrogen-bond acceptors (Lipinski definition) is 7. The number of nitrogens with zero attached hydrogens (tertiary/aromatic N) is 2. The molecule has 1 amide bonds. The van der Waals surface area contributed by atoms with Gasteiger partial charge in [-0.15, -0.1) is 0 Å². The van der Waals surface area contributed by atoms with Crippen LogP contribution in [0.5, 0.6) is 5.75 Å². The normalized spacial score (nSPS) is 22.0. The van der Waals surface area contributed by atoms with Crippen molar-refractivity contribution in [2.45, 2.75) is 76.5 Å². The van der Waals surface area contributed by atoms with Crippen molar-refractivity contribution >= 4 is 21.6 Å². The maximum atomic E-state index is 14.2. The smallest absolute Gasteiger partial charge is 0.261 e. The van der Waals surface area contributed by atoms with E-state index in [-0.39, 0.29) is 46.8 Å². The third kappa shape index (κ3) is 9.43. The van der Waals surface area contributed by atoms with Crippen LogP contribution in [0.15, 0.2) is 53.4 Å². The standard InChI is InChI=1S/C31H47N3O6S/c1-6-17-33(5)21-30-23(2)20-34(24(3)22-35)31(36)28-19-26(32-41(37,38)27-13-8-7-9-14-27)15-16-29(28)40-25(4)12-10-11-18-39-30/h7-9,13-16,19,23-25,30,32,35H,6,10-12,17-18,20-22H2,1-5H3/t23-,24+,25+,30-/m0/s1. The highest BCUT2D eigenvalue weighted by Gasteiger charge is 2.30. The van der Waals surface area contributed by atoms with Gasteiger partial charge >= 0.3 is 0 Å². The van der Waals surface area contributed by atoms with Gasteiger partial charge < -0.3 is 24.4 Å². The van der Waals surface area contributed by atoms with Crippen molar-refractivity contribution in [2.24, 2.45) is 5.92 Å². The van der Waals surface area contributed by atoms with Gasteiger partial charge in [-0.25, -0.2) is 8.42 Å². The Morgan fingerprint density at radius 1 is 1.15 bits per heavy atom. The first-order chi connectivity index (χ1) is 19.6. The van der Waals surface area contributed by atoms with Crippen LogP contribution >= 0.6 is 0 Å². The van der Waals surface area contributed by atoms with Gasteiger partial charge in [0.05, 0.1) is 35.3 Å². The Morgan fingerprint density at radius 2 is 1.88 bits per heavy atom. The summed E-state index contributed by atoms with van der Waals surface area (Å²) in [5.74, 6) is 0.0397. The summed E-state index contributed by atoms with van der Waals surface area (Å²) < 4.78 is 41.3. The number of likely N-dealkylation sites (N-methyl/N-ethyl adjacent to an activating group) is 1. The molecular formula is C31H47N3O6S. The molecule has 228 valence electrons. The predicted molar refractivity (Wildman–Crippen MR) is 162 cm³/mol. The minimum absolute atomic E-state index is 0.0155. The molecule has 1 aliphatic heterocycles. The van der Waals surface area contributed by atoms with Crippen LogP contribution in [0.1, 0.15) is 63.7 Å². The number of aliphatic hydroxyl groups is 1. The van der Waals surface area contributed by atoms with Gasteiger partial charge in [0.15, 0.2) is 0 Å². The van der Waals surface area contributed by atoms with E-state index in [0.717, 1.165) is 38.8 Å². The van der Waals surface area contributed by atoms with Crippen LogP contribution in [0, 0.1) is 5.92 Å². The van der Waals surface area contributed by atoms with Crippen molar-refractivity contribution in [2.75, 3.05) is 44.6 Å². The molecule has 2 aromatic rings. The summed E-state index contributed by atoms with van der Waals surface area (Å²) in [7, 11) is -1.78. The molecule has 0 unspecified atom stereocenters. The Balaban J connectivity index is 2.00. The fourth-order valence-electron chi connectivity index (χ4n) is 5.04. The van der Waals surface area contributed by atoms with E-state index in [9.17, 15) is 18.3 Å². The molecule has 0 saturated carbocycles. The molecule has 1 aliphatic rings. The molecule has 4 atom stereocenters. The summed E-state index contributed by atoms with van der Waals surface area (Å²) in [5, 5.41) is 10.1. The maximum Gasteiger partial charge on any atom is 0.261 e. The number of carbonyl (C=O) groups excluding carboxylic acids is 1.